The third-order valence-corrected chi connectivity index (χ3v) is 2.89. The highest BCUT2D eigenvalue weighted by molar-refractivity contribution is 4.89. The van der Waals surface area contributed by atoms with Gasteiger partial charge < -0.3 is 4.57 Å². The van der Waals surface area contributed by atoms with Gasteiger partial charge in [0.25, 0.3) is 0 Å². The van der Waals surface area contributed by atoms with Crippen LogP contribution in [0.5, 0.6) is 0 Å². The minimum absolute atomic E-state index is 0.748. The predicted molar refractivity (Wildman–Crippen MR) is 51.3 cm³/mol. The molecule has 0 N–H and O–H groups in total. The first-order valence-electron chi connectivity index (χ1n) is 5.12. The van der Waals surface area contributed by atoms with Gasteiger partial charge in [0, 0.05) is 13.0 Å². The van der Waals surface area contributed by atoms with Crippen molar-refractivity contribution in [2.24, 2.45) is 11.8 Å². The number of nitrogens with zero attached hydrogens (tertiary/aromatic N) is 3. The van der Waals surface area contributed by atoms with Gasteiger partial charge in [-0.1, -0.05) is 13.8 Å². The maximum Gasteiger partial charge on any atom is 0.133 e. The van der Waals surface area contributed by atoms with Crippen LogP contribution in [-0.4, -0.2) is 14.8 Å². The summed E-state index contributed by atoms with van der Waals surface area (Å²) in [5.74, 6) is 2.75. The third-order valence-electron chi connectivity index (χ3n) is 2.89. The molecule has 0 aromatic carbocycles. The Balaban J connectivity index is 2.19. The van der Waals surface area contributed by atoms with Gasteiger partial charge >= 0.3 is 0 Å². The minimum Gasteiger partial charge on any atom is -0.318 e. The van der Waals surface area contributed by atoms with Crippen molar-refractivity contribution in [3.63, 3.8) is 0 Å². The van der Waals surface area contributed by atoms with Crippen molar-refractivity contribution in [2.75, 3.05) is 0 Å². The van der Waals surface area contributed by atoms with Gasteiger partial charge in [0.15, 0.2) is 0 Å². The average molecular weight is 179 g/mol. The third kappa shape index (κ3) is 1.90. The van der Waals surface area contributed by atoms with Gasteiger partial charge in [-0.05, 0) is 24.7 Å². The first-order valence-corrected chi connectivity index (χ1v) is 5.12. The van der Waals surface area contributed by atoms with Crippen molar-refractivity contribution in [1.82, 2.24) is 14.8 Å². The number of aryl methyl sites for hydroxylation is 1. The molecule has 3 nitrogen and oxygen atoms in total. The van der Waals surface area contributed by atoms with E-state index in [4.69, 9.17) is 0 Å². The zero-order valence-corrected chi connectivity index (χ0v) is 8.40. The second-order valence-corrected chi connectivity index (χ2v) is 4.38. The molecule has 0 saturated carbocycles. The maximum atomic E-state index is 4.15. The largest absolute Gasteiger partial charge is 0.318 e. The van der Waals surface area contributed by atoms with Gasteiger partial charge in [-0.15, -0.1) is 10.2 Å². The summed E-state index contributed by atoms with van der Waals surface area (Å²) in [7, 11) is 0. The molecule has 0 saturated heterocycles. The van der Waals surface area contributed by atoms with E-state index in [0.29, 0.717) is 0 Å². The Morgan fingerprint density at radius 1 is 1.38 bits per heavy atom. The minimum atomic E-state index is 0.748. The SMILES string of the molecule is CC1CCn2cnnc2CC(C)C1. The van der Waals surface area contributed by atoms with Crippen LogP contribution >= 0.6 is 0 Å². The van der Waals surface area contributed by atoms with E-state index in [1.54, 1.807) is 0 Å². The molecule has 1 aliphatic heterocycles. The van der Waals surface area contributed by atoms with E-state index in [9.17, 15) is 0 Å². The lowest BCUT2D eigenvalue weighted by molar-refractivity contribution is 0.343. The number of aromatic nitrogens is 3. The first-order chi connectivity index (χ1) is 6.25. The van der Waals surface area contributed by atoms with Crippen LogP contribution in [0, 0.1) is 11.8 Å². The number of hydrogen-bond acceptors (Lipinski definition) is 2. The Morgan fingerprint density at radius 2 is 2.23 bits per heavy atom. The molecule has 2 rings (SSSR count). The van der Waals surface area contributed by atoms with E-state index in [2.05, 4.69) is 28.6 Å². The fourth-order valence-corrected chi connectivity index (χ4v) is 2.18. The summed E-state index contributed by atoms with van der Waals surface area (Å²) in [5.41, 5.74) is 0. The highest BCUT2D eigenvalue weighted by Crippen LogP contribution is 2.22. The average Bonchev–Trinajstić information content (AvgIpc) is 2.45. The van der Waals surface area contributed by atoms with E-state index in [1.165, 1.54) is 18.7 Å². The molecule has 0 aliphatic carbocycles. The van der Waals surface area contributed by atoms with Crippen LogP contribution in [0.15, 0.2) is 6.33 Å². The van der Waals surface area contributed by atoms with E-state index in [1.807, 2.05) is 6.33 Å². The number of rotatable bonds is 0. The maximum absolute atomic E-state index is 4.15. The van der Waals surface area contributed by atoms with Crippen molar-refractivity contribution in [1.29, 1.82) is 0 Å². The second-order valence-electron chi connectivity index (χ2n) is 4.38. The normalized spacial score (nSPS) is 29.1. The van der Waals surface area contributed by atoms with Gasteiger partial charge in [-0.2, -0.15) is 0 Å². The number of hydrogen-bond donors (Lipinski definition) is 0. The van der Waals surface area contributed by atoms with Crippen LogP contribution in [0.25, 0.3) is 0 Å². The fraction of sp³-hybridized carbons (Fsp3) is 0.800. The van der Waals surface area contributed by atoms with Crippen molar-refractivity contribution in [3.8, 4) is 0 Å². The van der Waals surface area contributed by atoms with E-state index < -0.39 is 0 Å². The van der Waals surface area contributed by atoms with Gasteiger partial charge in [-0.25, -0.2) is 0 Å². The zero-order valence-electron chi connectivity index (χ0n) is 8.40. The van der Waals surface area contributed by atoms with Gasteiger partial charge in [0.2, 0.25) is 0 Å². The van der Waals surface area contributed by atoms with E-state index in [-0.39, 0.29) is 0 Å². The molecule has 0 bridgehead atoms. The van der Waals surface area contributed by atoms with Gasteiger partial charge in [0.05, 0.1) is 0 Å². The smallest absolute Gasteiger partial charge is 0.133 e. The van der Waals surface area contributed by atoms with E-state index in [0.717, 1.165) is 24.8 Å². The van der Waals surface area contributed by atoms with Crippen LogP contribution in [0.2, 0.25) is 0 Å². The summed E-state index contributed by atoms with van der Waals surface area (Å²) in [4.78, 5) is 0. The molecule has 1 aromatic heterocycles. The Hall–Kier alpha value is -0.860. The Bertz CT molecular complexity index is 279. The molecule has 72 valence electrons. The molecule has 2 atom stereocenters. The summed E-state index contributed by atoms with van der Waals surface area (Å²) in [6, 6.07) is 0. The molecule has 1 aromatic rings. The second kappa shape index (κ2) is 3.48. The fourth-order valence-electron chi connectivity index (χ4n) is 2.18. The van der Waals surface area contributed by atoms with Crippen LogP contribution in [0.4, 0.5) is 0 Å². The Morgan fingerprint density at radius 3 is 3.08 bits per heavy atom. The topological polar surface area (TPSA) is 30.7 Å². The summed E-state index contributed by atoms with van der Waals surface area (Å²) < 4.78 is 2.20. The molecule has 0 spiro atoms. The lowest BCUT2D eigenvalue weighted by Gasteiger charge is -2.21. The monoisotopic (exact) mass is 179 g/mol. The molecule has 0 radical (unpaired) electrons. The van der Waals surface area contributed by atoms with Crippen molar-refractivity contribution < 1.29 is 0 Å². The predicted octanol–water partition coefficient (Wildman–Crippen LogP) is 1.89. The summed E-state index contributed by atoms with van der Waals surface area (Å²) in [6.45, 7) is 5.74. The van der Waals surface area contributed by atoms with Gasteiger partial charge in [-0.3, -0.25) is 0 Å². The van der Waals surface area contributed by atoms with Crippen molar-refractivity contribution in [2.45, 2.75) is 39.7 Å². The lowest BCUT2D eigenvalue weighted by Crippen LogP contribution is -2.16. The first kappa shape index (κ1) is 8.73. The molecule has 13 heavy (non-hydrogen) atoms. The summed E-state index contributed by atoms with van der Waals surface area (Å²) in [5, 5.41) is 8.11. The molecular weight excluding hydrogens is 162 g/mol. The van der Waals surface area contributed by atoms with Crippen molar-refractivity contribution >= 4 is 0 Å². The highest BCUT2D eigenvalue weighted by Gasteiger charge is 2.16. The Kier molecular flexibility index (Phi) is 2.34. The van der Waals surface area contributed by atoms with Crippen LogP contribution in [-0.2, 0) is 13.0 Å². The quantitative estimate of drug-likeness (QED) is 0.609. The standard InChI is InChI=1S/C10H17N3/c1-8-3-4-13-7-11-12-10(13)6-9(2)5-8/h7-9H,3-6H2,1-2H3. The lowest BCUT2D eigenvalue weighted by atomic mass is 9.91. The zero-order chi connectivity index (χ0) is 9.26. The van der Waals surface area contributed by atoms with Crippen LogP contribution in [0.1, 0.15) is 32.5 Å². The number of fused-ring (bicyclic) bond motifs is 1. The molecular formula is C10H17N3. The van der Waals surface area contributed by atoms with Crippen LogP contribution in [0.3, 0.4) is 0 Å². The molecule has 0 fully saturated rings. The molecule has 2 heterocycles. The Labute approximate surface area is 79.2 Å². The van der Waals surface area contributed by atoms with E-state index >= 15 is 0 Å². The molecule has 3 heteroatoms. The van der Waals surface area contributed by atoms with Crippen LogP contribution < -0.4 is 0 Å². The molecule has 0 amide bonds. The summed E-state index contributed by atoms with van der Waals surface area (Å²) in [6.07, 6.45) is 5.53. The highest BCUT2D eigenvalue weighted by atomic mass is 15.3. The van der Waals surface area contributed by atoms with Gasteiger partial charge in [0.1, 0.15) is 12.2 Å². The summed E-state index contributed by atoms with van der Waals surface area (Å²) >= 11 is 0. The molecule has 2 unspecified atom stereocenters. The molecule has 1 aliphatic rings. The van der Waals surface area contributed by atoms with Crippen molar-refractivity contribution in [3.05, 3.63) is 12.2 Å².